The van der Waals surface area contributed by atoms with E-state index in [1.165, 1.54) is 23.9 Å². The third kappa shape index (κ3) is 4.38. The van der Waals surface area contributed by atoms with Crippen LogP contribution in [0.3, 0.4) is 0 Å². The summed E-state index contributed by atoms with van der Waals surface area (Å²) in [6, 6.07) is 6.28. The van der Waals surface area contributed by atoms with Crippen molar-refractivity contribution in [1.82, 2.24) is 14.5 Å². The summed E-state index contributed by atoms with van der Waals surface area (Å²) in [6.07, 6.45) is 5.92. The van der Waals surface area contributed by atoms with Crippen LogP contribution in [0.5, 0.6) is 0 Å². The average Bonchev–Trinajstić information content (AvgIpc) is 3.00. The number of thioether (sulfide) groups is 1. The molecule has 0 bridgehead atoms. The van der Waals surface area contributed by atoms with Gasteiger partial charge in [-0.05, 0) is 49.9 Å². The standard InChI is InChI=1S/C18H22FN3OS/c1-14-20-8-11-22(14)12-15-6-9-21(10-7-15)18(23)13-24-17-4-2-16(19)3-5-17/h2-5,8,11,15H,6-7,9-10,12-13H2,1H3. The minimum Gasteiger partial charge on any atom is -0.342 e. The molecule has 1 amide bonds. The van der Waals surface area contributed by atoms with E-state index >= 15 is 0 Å². The molecular formula is C18H22FN3OS. The van der Waals surface area contributed by atoms with Crippen LogP contribution in [0, 0.1) is 18.7 Å². The zero-order valence-electron chi connectivity index (χ0n) is 13.8. The Hall–Kier alpha value is -1.82. The molecule has 0 saturated carbocycles. The Bertz CT molecular complexity index is 678. The first-order valence-corrected chi connectivity index (χ1v) is 9.24. The summed E-state index contributed by atoms with van der Waals surface area (Å²) in [5, 5.41) is 0. The Kier molecular flexibility index (Phi) is 5.56. The molecule has 0 spiro atoms. The van der Waals surface area contributed by atoms with Crippen LogP contribution in [0.15, 0.2) is 41.6 Å². The summed E-state index contributed by atoms with van der Waals surface area (Å²) < 4.78 is 15.1. The third-order valence-corrected chi connectivity index (χ3v) is 5.52. The van der Waals surface area contributed by atoms with Crippen LogP contribution >= 0.6 is 11.8 Å². The number of likely N-dealkylation sites (tertiary alicyclic amines) is 1. The van der Waals surface area contributed by atoms with E-state index in [0.29, 0.717) is 11.7 Å². The lowest BCUT2D eigenvalue weighted by Gasteiger charge is -2.32. The van der Waals surface area contributed by atoms with Crippen molar-refractivity contribution in [1.29, 1.82) is 0 Å². The Labute approximate surface area is 146 Å². The number of hydrogen-bond donors (Lipinski definition) is 0. The quantitative estimate of drug-likeness (QED) is 0.779. The second-order valence-electron chi connectivity index (χ2n) is 6.19. The number of carbonyl (C=O) groups excluding carboxylic acids is 1. The van der Waals surface area contributed by atoms with Gasteiger partial charge in [-0.3, -0.25) is 4.79 Å². The minimum atomic E-state index is -0.249. The SMILES string of the molecule is Cc1nccn1CC1CCN(C(=O)CSc2ccc(F)cc2)CC1. The molecule has 0 aliphatic carbocycles. The second kappa shape index (κ2) is 7.83. The van der Waals surface area contributed by atoms with Crippen molar-refractivity contribution in [3.05, 3.63) is 48.3 Å². The van der Waals surface area contributed by atoms with Crippen molar-refractivity contribution < 1.29 is 9.18 Å². The molecule has 4 nitrogen and oxygen atoms in total. The second-order valence-corrected chi connectivity index (χ2v) is 7.24. The van der Waals surface area contributed by atoms with Crippen molar-refractivity contribution in [2.24, 2.45) is 5.92 Å². The van der Waals surface area contributed by atoms with E-state index in [1.807, 2.05) is 24.2 Å². The predicted octanol–water partition coefficient (Wildman–Crippen LogP) is 3.36. The maximum atomic E-state index is 12.9. The largest absolute Gasteiger partial charge is 0.342 e. The lowest BCUT2D eigenvalue weighted by atomic mass is 9.96. The first-order chi connectivity index (χ1) is 11.6. The number of carbonyl (C=O) groups is 1. The highest BCUT2D eigenvalue weighted by molar-refractivity contribution is 8.00. The van der Waals surface area contributed by atoms with Crippen molar-refractivity contribution in [2.75, 3.05) is 18.8 Å². The molecule has 1 aliphatic heterocycles. The number of imidazole rings is 1. The Balaban J connectivity index is 1.43. The first-order valence-electron chi connectivity index (χ1n) is 8.25. The molecule has 128 valence electrons. The molecule has 1 aromatic heterocycles. The molecule has 0 atom stereocenters. The topological polar surface area (TPSA) is 38.1 Å². The Morgan fingerprint density at radius 2 is 2.00 bits per heavy atom. The minimum absolute atomic E-state index is 0.168. The molecule has 1 aromatic carbocycles. The summed E-state index contributed by atoms with van der Waals surface area (Å²) in [4.78, 5) is 19.5. The van der Waals surface area contributed by atoms with E-state index in [2.05, 4.69) is 9.55 Å². The van der Waals surface area contributed by atoms with E-state index in [4.69, 9.17) is 0 Å². The van der Waals surface area contributed by atoms with Gasteiger partial charge in [-0.15, -0.1) is 11.8 Å². The van der Waals surface area contributed by atoms with Gasteiger partial charge in [0.1, 0.15) is 11.6 Å². The smallest absolute Gasteiger partial charge is 0.232 e. The molecular weight excluding hydrogens is 325 g/mol. The summed E-state index contributed by atoms with van der Waals surface area (Å²) in [7, 11) is 0. The fourth-order valence-corrected chi connectivity index (χ4v) is 3.81. The van der Waals surface area contributed by atoms with Crippen LogP contribution in [0.4, 0.5) is 4.39 Å². The van der Waals surface area contributed by atoms with Crippen LogP contribution < -0.4 is 0 Å². The van der Waals surface area contributed by atoms with Gasteiger partial charge in [0, 0.05) is 36.9 Å². The van der Waals surface area contributed by atoms with Crippen LogP contribution in [0.2, 0.25) is 0 Å². The molecule has 3 rings (SSSR count). The Morgan fingerprint density at radius 3 is 2.62 bits per heavy atom. The van der Waals surface area contributed by atoms with Crippen LogP contribution in [-0.2, 0) is 11.3 Å². The highest BCUT2D eigenvalue weighted by Gasteiger charge is 2.23. The number of nitrogens with zero attached hydrogens (tertiary/aromatic N) is 3. The number of rotatable bonds is 5. The van der Waals surface area contributed by atoms with Crippen molar-refractivity contribution in [2.45, 2.75) is 31.2 Å². The van der Waals surface area contributed by atoms with Crippen LogP contribution in [0.25, 0.3) is 0 Å². The van der Waals surface area contributed by atoms with Gasteiger partial charge in [-0.1, -0.05) is 0 Å². The number of aryl methyl sites for hydroxylation is 1. The molecule has 1 saturated heterocycles. The number of hydrogen-bond acceptors (Lipinski definition) is 3. The van der Waals surface area contributed by atoms with Crippen LogP contribution in [0.1, 0.15) is 18.7 Å². The highest BCUT2D eigenvalue weighted by atomic mass is 32.2. The highest BCUT2D eigenvalue weighted by Crippen LogP contribution is 2.22. The van der Waals surface area contributed by atoms with E-state index < -0.39 is 0 Å². The number of benzene rings is 1. The lowest BCUT2D eigenvalue weighted by molar-refractivity contribution is -0.129. The van der Waals surface area contributed by atoms with Gasteiger partial charge >= 0.3 is 0 Å². The number of amides is 1. The zero-order valence-corrected chi connectivity index (χ0v) is 14.6. The summed E-state index contributed by atoms with van der Waals surface area (Å²) >= 11 is 1.47. The van der Waals surface area contributed by atoms with Crippen molar-refractivity contribution in [3.8, 4) is 0 Å². The molecule has 6 heteroatoms. The maximum absolute atomic E-state index is 12.9. The first kappa shape index (κ1) is 17.0. The lowest BCUT2D eigenvalue weighted by Crippen LogP contribution is -2.40. The number of halogens is 1. The van der Waals surface area contributed by atoms with Gasteiger partial charge in [0.05, 0.1) is 5.75 Å². The van der Waals surface area contributed by atoms with E-state index in [9.17, 15) is 9.18 Å². The van der Waals surface area contributed by atoms with Gasteiger partial charge in [0.25, 0.3) is 0 Å². The summed E-state index contributed by atoms with van der Waals surface area (Å²) in [5.74, 6) is 1.98. The van der Waals surface area contributed by atoms with Gasteiger partial charge in [0.2, 0.25) is 5.91 Å². The van der Waals surface area contributed by atoms with E-state index in [0.717, 1.165) is 43.2 Å². The van der Waals surface area contributed by atoms with Gasteiger partial charge in [-0.2, -0.15) is 0 Å². The molecule has 24 heavy (non-hydrogen) atoms. The predicted molar refractivity (Wildman–Crippen MR) is 93.4 cm³/mol. The molecule has 0 N–H and O–H groups in total. The van der Waals surface area contributed by atoms with Crippen LogP contribution in [-0.4, -0.2) is 39.2 Å². The molecule has 0 radical (unpaired) electrons. The maximum Gasteiger partial charge on any atom is 0.232 e. The number of aromatic nitrogens is 2. The zero-order chi connectivity index (χ0) is 16.9. The molecule has 2 aromatic rings. The van der Waals surface area contributed by atoms with Crippen molar-refractivity contribution >= 4 is 17.7 Å². The summed E-state index contributed by atoms with van der Waals surface area (Å²) in [5.41, 5.74) is 0. The molecule has 1 fully saturated rings. The molecule has 1 aliphatic rings. The fraction of sp³-hybridized carbons (Fsp3) is 0.444. The van der Waals surface area contributed by atoms with Crippen molar-refractivity contribution in [3.63, 3.8) is 0 Å². The molecule has 0 unspecified atom stereocenters. The van der Waals surface area contributed by atoms with Gasteiger partial charge in [0.15, 0.2) is 0 Å². The molecule has 2 heterocycles. The monoisotopic (exact) mass is 347 g/mol. The third-order valence-electron chi connectivity index (χ3n) is 4.52. The van der Waals surface area contributed by atoms with Gasteiger partial charge < -0.3 is 9.47 Å². The average molecular weight is 347 g/mol. The Morgan fingerprint density at radius 1 is 1.29 bits per heavy atom. The van der Waals surface area contributed by atoms with Gasteiger partial charge in [-0.25, -0.2) is 9.37 Å². The van der Waals surface area contributed by atoms with E-state index in [1.54, 1.807) is 12.1 Å². The normalized spacial score (nSPS) is 15.7. The number of piperidine rings is 1. The van der Waals surface area contributed by atoms with E-state index in [-0.39, 0.29) is 11.7 Å². The fourth-order valence-electron chi connectivity index (χ4n) is 3.01. The summed E-state index contributed by atoms with van der Waals surface area (Å²) in [6.45, 7) is 4.64.